The third kappa shape index (κ3) is 9.27. The first kappa shape index (κ1) is 29.9. The number of alkyl halides is 3. The molecule has 212 valence electrons. The molecule has 0 unspecified atom stereocenters. The lowest BCUT2D eigenvalue weighted by molar-refractivity contribution is -0.139. The number of carbonyl (C=O) groups is 2. The van der Waals surface area contributed by atoms with Gasteiger partial charge in [0.2, 0.25) is 0 Å². The van der Waals surface area contributed by atoms with E-state index >= 15 is 0 Å². The standard InChI is InChI=1S/C28H35F3N4O4/c1-2-35(17-26(37)38)16-22-14-21(10-13-24(22)32)27(20-8-11-23(12-9-20)28(29,30)31)34-39-18-25(36)33-15-19-6-4-3-5-7-19/h8-14,19H,2-7,15-18,32H2,1H3,(H,33,36)(H,37,38)/b34-27-. The number of hydrogen-bond acceptors (Lipinski definition) is 6. The number of carboxylic acid groups (broad SMARTS) is 1. The molecule has 11 heteroatoms. The highest BCUT2D eigenvalue weighted by molar-refractivity contribution is 6.13. The fourth-order valence-electron chi connectivity index (χ4n) is 4.55. The van der Waals surface area contributed by atoms with Crippen molar-refractivity contribution in [1.82, 2.24) is 10.2 Å². The molecule has 1 aliphatic rings. The Balaban J connectivity index is 1.82. The highest BCUT2D eigenvalue weighted by Crippen LogP contribution is 2.30. The zero-order valence-electron chi connectivity index (χ0n) is 22.0. The van der Waals surface area contributed by atoms with E-state index in [1.807, 2.05) is 6.92 Å². The quantitative estimate of drug-likeness (QED) is 0.202. The lowest BCUT2D eigenvalue weighted by atomic mass is 9.89. The number of carbonyl (C=O) groups excluding carboxylic acids is 1. The lowest BCUT2D eigenvalue weighted by Crippen LogP contribution is -2.32. The second-order valence-electron chi connectivity index (χ2n) is 9.71. The summed E-state index contributed by atoms with van der Waals surface area (Å²) in [6.07, 6.45) is 1.21. The maximum absolute atomic E-state index is 13.1. The van der Waals surface area contributed by atoms with Crippen molar-refractivity contribution in [2.45, 2.75) is 51.7 Å². The number of nitrogens with two attached hydrogens (primary N) is 1. The van der Waals surface area contributed by atoms with E-state index in [1.54, 1.807) is 23.1 Å². The SMILES string of the molecule is CCN(CC(=O)O)Cc1cc(/C(=N\OCC(=O)NCC2CCCCC2)c2ccc(C(F)(F)F)cc2)ccc1N. The molecule has 3 rings (SSSR count). The van der Waals surface area contributed by atoms with Gasteiger partial charge in [0.1, 0.15) is 5.71 Å². The van der Waals surface area contributed by atoms with Gasteiger partial charge in [0.25, 0.3) is 5.91 Å². The molecule has 0 radical (unpaired) electrons. The van der Waals surface area contributed by atoms with Crippen LogP contribution < -0.4 is 11.1 Å². The molecule has 2 aromatic rings. The van der Waals surface area contributed by atoms with E-state index in [0.717, 1.165) is 37.8 Å². The maximum atomic E-state index is 13.1. The molecule has 1 aliphatic carbocycles. The predicted octanol–water partition coefficient (Wildman–Crippen LogP) is 4.66. The Kier molecular flexibility index (Phi) is 10.7. The third-order valence-electron chi connectivity index (χ3n) is 6.77. The Morgan fingerprint density at radius 1 is 1.10 bits per heavy atom. The number of halogens is 3. The third-order valence-corrected chi connectivity index (χ3v) is 6.77. The number of benzene rings is 2. The highest BCUT2D eigenvalue weighted by Gasteiger charge is 2.30. The van der Waals surface area contributed by atoms with Crippen molar-refractivity contribution in [3.05, 3.63) is 64.7 Å². The van der Waals surface area contributed by atoms with E-state index in [2.05, 4.69) is 10.5 Å². The number of amides is 1. The van der Waals surface area contributed by atoms with Crippen molar-refractivity contribution in [2.75, 3.05) is 32.0 Å². The molecule has 1 amide bonds. The molecule has 0 heterocycles. The summed E-state index contributed by atoms with van der Waals surface area (Å²) in [6.45, 7) is 2.58. The van der Waals surface area contributed by atoms with E-state index in [9.17, 15) is 22.8 Å². The molecule has 1 fully saturated rings. The van der Waals surface area contributed by atoms with Crippen LogP contribution in [0.4, 0.5) is 18.9 Å². The fraction of sp³-hybridized carbons (Fsp3) is 0.464. The summed E-state index contributed by atoms with van der Waals surface area (Å²) in [5.74, 6) is -0.860. The summed E-state index contributed by atoms with van der Waals surface area (Å²) in [5, 5.41) is 16.2. The van der Waals surface area contributed by atoms with Crippen LogP contribution in [-0.4, -0.2) is 53.8 Å². The van der Waals surface area contributed by atoms with Crippen LogP contribution in [0.3, 0.4) is 0 Å². The Labute approximate surface area is 226 Å². The zero-order chi connectivity index (χ0) is 28.4. The number of rotatable bonds is 12. The van der Waals surface area contributed by atoms with Crippen molar-refractivity contribution < 1.29 is 32.7 Å². The monoisotopic (exact) mass is 548 g/mol. The average Bonchev–Trinajstić information content (AvgIpc) is 2.91. The minimum absolute atomic E-state index is 0.181. The number of anilines is 1. The first-order valence-electron chi connectivity index (χ1n) is 13.0. The van der Waals surface area contributed by atoms with Crippen molar-refractivity contribution in [3.63, 3.8) is 0 Å². The summed E-state index contributed by atoms with van der Waals surface area (Å²) in [5.41, 5.74) is 7.44. The smallest absolute Gasteiger partial charge is 0.416 e. The van der Waals surface area contributed by atoms with Crippen LogP contribution in [0.5, 0.6) is 0 Å². The van der Waals surface area contributed by atoms with Crippen molar-refractivity contribution in [3.8, 4) is 0 Å². The minimum Gasteiger partial charge on any atom is -0.480 e. The Bertz CT molecular complexity index is 1150. The van der Waals surface area contributed by atoms with Gasteiger partial charge in [0.05, 0.1) is 12.1 Å². The van der Waals surface area contributed by atoms with Gasteiger partial charge in [-0.15, -0.1) is 0 Å². The van der Waals surface area contributed by atoms with E-state index in [1.165, 1.54) is 18.6 Å². The molecule has 0 saturated heterocycles. The first-order valence-corrected chi connectivity index (χ1v) is 13.0. The van der Waals surface area contributed by atoms with Gasteiger partial charge < -0.3 is 21.0 Å². The van der Waals surface area contributed by atoms with Crippen LogP contribution in [0.1, 0.15) is 61.3 Å². The van der Waals surface area contributed by atoms with Crippen molar-refractivity contribution in [2.24, 2.45) is 11.1 Å². The molecule has 0 bridgehead atoms. The van der Waals surface area contributed by atoms with Crippen LogP contribution in [0.2, 0.25) is 0 Å². The van der Waals surface area contributed by atoms with Crippen molar-refractivity contribution in [1.29, 1.82) is 0 Å². The number of aliphatic carboxylic acids is 1. The number of nitrogens with zero attached hydrogens (tertiary/aromatic N) is 2. The van der Waals surface area contributed by atoms with Crippen LogP contribution in [0.25, 0.3) is 0 Å². The summed E-state index contributed by atoms with van der Waals surface area (Å²) in [7, 11) is 0. The Morgan fingerprint density at radius 3 is 2.38 bits per heavy atom. The topological polar surface area (TPSA) is 117 Å². The molecule has 0 aromatic heterocycles. The summed E-state index contributed by atoms with van der Waals surface area (Å²) in [4.78, 5) is 30.6. The maximum Gasteiger partial charge on any atom is 0.416 e. The van der Waals surface area contributed by atoms with Gasteiger partial charge in [-0.3, -0.25) is 14.5 Å². The number of likely N-dealkylation sites (N-methyl/N-ethyl adjacent to an activating group) is 1. The van der Waals surface area contributed by atoms with Gasteiger partial charge >= 0.3 is 12.1 Å². The van der Waals surface area contributed by atoms with E-state index in [-0.39, 0.29) is 31.3 Å². The van der Waals surface area contributed by atoms with E-state index in [0.29, 0.717) is 41.4 Å². The molecular weight excluding hydrogens is 513 g/mol. The van der Waals surface area contributed by atoms with Gasteiger partial charge in [-0.25, -0.2) is 0 Å². The molecule has 4 N–H and O–H groups in total. The molecule has 0 aliphatic heterocycles. The van der Waals surface area contributed by atoms with Gasteiger partial charge in [-0.1, -0.05) is 49.5 Å². The normalized spacial score (nSPS) is 14.8. The highest BCUT2D eigenvalue weighted by atomic mass is 19.4. The Hall–Kier alpha value is -3.60. The van der Waals surface area contributed by atoms with E-state index in [4.69, 9.17) is 15.7 Å². The second-order valence-corrected chi connectivity index (χ2v) is 9.71. The number of nitrogen functional groups attached to an aromatic ring is 1. The predicted molar refractivity (Wildman–Crippen MR) is 142 cm³/mol. The summed E-state index contributed by atoms with van der Waals surface area (Å²) in [6, 6.07) is 9.44. The fourth-order valence-corrected chi connectivity index (χ4v) is 4.55. The molecule has 1 saturated carbocycles. The largest absolute Gasteiger partial charge is 0.480 e. The van der Waals surface area contributed by atoms with Crippen LogP contribution in [0, 0.1) is 5.92 Å². The number of hydrogen-bond donors (Lipinski definition) is 3. The molecule has 0 spiro atoms. The van der Waals surface area contributed by atoms with Crippen LogP contribution in [0.15, 0.2) is 47.6 Å². The second kappa shape index (κ2) is 14.0. The molecule has 2 aromatic carbocycles. The first-order chi connectivity index (χ1) is 18.6. The van der Waals surface area contributed by atoms with Crippen molar-refractivity contribution >= 4 is 23.3 Å². The number of carboxylic acids is 1. The molecule has 39 heavy (non-hydrogen) atoms. The molecule has 0 atom stereocenters. The van der Waals surface area contributed by atoms with Gasteiger partial charge in [-0.05, 0) is 55.1 Å². The Morgan fingerprint density at radius 2 is 1.77 bits per heavy atom. The van der Waals surface area contributed by atoms with Gasteiger partial charge in [0.15, 0.2) is 6.61 Å². The minimum atomic E-state index is -4.50. The number of nitrogens with one attached hydrogen (secondary N) is 1. The summed E-state index contributed by atoms with van der Waals surface area (Å²) >= 11 is 0. The van der Waals surface area contributed by atoms with E-state index < -0.39 is 17.7 Å². The van der Waals surface area contributed by atoms with Crippen LogP contribution in [-0.2, 0) is 27.1 Å². The molecule has 8 nitrogen and oxygen atoms in total. The number of oxime groups is 1. The molecular formula is C28H35F3N4O4. The zero-order valence-corrected chi connectivity index (χ0v) is 22.0. The van der Waals surface area contributed by atoms with Gasteiger partial charge in [0, 0.05) is 29.9 Å². The lowest BCUT2D eigenvalue weighted by Gasteiger charge is -2.21. The van der Waals surface area contributed by atoms with Crippen LogP contribution >= 0.6 is 0 Å². The average molecular weight is 549 g/mol. The van der Waals surface area contributed by atoms with Gasteiger partial charge in [-0.2, -0.15) is 13.2 Å². The summed E-state index contributed by atoms with van der Waals surface area (Å²) < 4.78 is 39.4.